The zero-order valence-corrected chi connectivity index (χ0v) is 15.6. The van der Waals surface area contributed by atoms with Crippen LogP contribution in [-0.2, 0) is 20.9 Å². The molecule has 3 aromatic rings. The third-order valence-electron chi connectivity index (χ3n) is 3.88. The molecule has 8 heteroatoms. The van der Waals surface area contributed by atoms with Crippen LogP contribution in [0.5, 0.6) is 0 Å². The van der Waals surface area contributed by atoms with Gasteiger partial charge in [0.2, 0.25) is 5.76 Å². The smallest absolute Gasteiger partial charge is 0.375 e. The number of furan rings is 1. The van der Waals surface area contributed by atoms with Crippen molar-refractivity contribution in [1.29, 1.82) is 5.26 Å². The molecule has 0 atom stereocenters. The SMILES string of the molecule is COCc1c(C(=O)OCC(=O)Nc2ccc(C#N)c(Cl)c2)oc2ccccc12. The molecule has 0 aliphatic carbocycles. The lowest BCUT2D eigenvalue weighted by Gasteiger charge is -2.07. The van der Waals surface area contributed by atoms with Gasteiger partial charge in [0, 0.05) is 23.7 Å². The van der Waals surface area contributed by atoms with E-state index in [4.69, 9.17) is 30.8 Å². The van der Waals surface area contributed by atoms with Crippen molar-refractivity contribution >= 4 is 40.1 Å². The first-order valence-electron chi connectivity index (χ1n) is 8.19. The molecule has 142 valence electrons. The molecule has 1 aromatic heterocycles. The molecule has 7 nitrogen and oxygen atoms in total. The number of esters is 1. The lowest BCUT2D eigenvalue weighted by molar-refractivity contribution is -0.119. The number of rotatable bonds is 6. The number of para-hydroxylation sites is 1. The zero-order chi connectivity index (χ0) is 20.1. The molecule has 0 saturated carbocycles. The summed E-state index contributed by atoms with van der Waals surface area (Å²) in [6, 6.07) is 13.5. The molecule has 1 N–H and O–H groups in total. The number of methoxy groups -OCH3 is 1. The van der Waals surface area contributed by atoms with Crippen LogP contribution in [0.2, 0.25) is 5.02 Å². The van der Waals surface area contributed by atoms with Crippen LogP contribution < -0.4 is 5.32 Å². The topological polar surface area (TPSA) is 102 Å². The number of carbonyl (C=O) groups is 2. The average molecular weight is 399 g/mol. The Bertz CT molecular complexity index is 1080. The maximum Gasteiger partial charge on any atom is 0.375 e. The number of anilines is 1. The molecule has 3 rings (SSSR count). The second-order valence-electron chi connectivity index (χ2n) is 5.77. The highest BCUT2D eigenvalue weighted by atomic mass is 35.5. The van der Waals surface area contributed by atoms with Crippen LogP contribution in [0, 0.1) is 11.3 Å². The van der Waals surface area contributed by atoms with E-state index in [0.717, 1.165) is 5.39 Å². The fourth-order valence-corrected chi connectivity index (χ4v) is 2.85. The minimum absolute atomic E-state index is 0.00253. The van der Waals surface area contributed by atoms with Gasteiger partial charge in [-0.3, -0.25) is 4.79 Å². The Morgan fingerprint density at radius 3 is 2.75 bits per heavy atom. The molecule has 2 aromatic carbocycles. The molecule has 0 bridgehead atoms. The normalized spacial score (nSPS) is 10.5. The van der Waals surface area contributed by atoms with Crippen molar-refractivity contribution in [1.82, 2.24) is 0 Å². The van der Waals surface area contributed by atoms with E-state index in [1.807, 2.05) is 18.2 Å². The summed E-state index contributed by atoms with van der Waals surface area (Å²) in [4.78, 5) is 24.4. The van der Waals surface area contributed by atoms with Gasteiger partial charge in [0.15, 0.2) is 6.61 Å². The van der Waals surface area contributed by atoms with Gasteiger partial charge >= 0.3 is 5.97 Å². The van der Waals surface area contributed by atoms with Crippen LogP contribution in [-0.4, -0.2) is 25.6 Å². The zero-order valence-electron chi connectivity index (χ0n) is 14.8. The number of halogens is 1. The highest BCUT2D eigenvalue weighted by Crippen LogP contribution is 2.27. The molecule has 0 aliphatic rings. The molecular weight excluding hydrogens is 384 g/mol. The number of nitrogens with zero attached hydrogens (tertiary/aromatic N) is 1. The van der Waals surface area contributed by atoms with E-state index in [2.05, 4.69) is 5.32 Å². The number of nitrogens with one attached hydrogen (secondary N) is 1. The number of hydrogen-bond donors (Lipinski definition) is 1. The Labute approximate surface area is 165 Å². The van der Waals surface area contributed by atoms with E-state index >= 15 is 0 Å². The van der Waals surface area contributed by atoms with Crippen LogP contribution >= 0.6 is 11.6 Å². The Balaban J connectivity index is 1.68. The second-order valence-corrected chi connectivity index (χ2v) is 6.18. The summed E-state index contributed by atoms with van der Waals surface area (Å²) in [7, 11) is 1.51. The van der Waals surface area contributed by atoms with Crippen molar-refractivity contribution in [3.05, 3.63) is 64.4 Å². The molecule has 0 fully saturated rings. The number of ether oxygens (including phenoxy) is 2. The molecular formula is C20H15ClN2O5. The summed E-state index contributed by atoms with van der Waals surface area (Å²) in [5.41, 5.74) is 1.76. The van der Waals surface area contributed by atoms with Crippen molar-refractivity contribution < 1.29 is 23.5 Å². The molecule has 0 radical (unpaired) electrons. The lowest BCUT2D eigenvalue weighted by Crippen LogP contribution is -2.21. The minimum Gasteiger partial charge on any atom is -0.450 e. The number of carbonyl (C=O) groups excluding carboxylic acids is 2. The largest absolute Gasteiger partial charge is 0.450 e. The molecule has 0 saturated heterocycles. The quantitative estimate of drug-likeness (QED) is 0.632. The standard InChI is InChI=1S/C20H15ClN2O5/c1-26-10-15-14-4-2-3-5-17(14)28-19(15)20(25)27-11-18(24)23-13-7-6-12(9-22)16(21)8-13/h2-8H,10-11H2,1H3,(H,23,24). The highest BCUT2D eigenvalue weighted by molar-refractivity contribution is 6.32. The third-order valence-corrected chi connectivity index (χ3v) is 4.19. The molecule has 28 heavy (non-hydrogen) atoms. The summed E-state index contributed by atoms with van der Waals surface area (Å²) in [6.07, 6.45) is 0. The maximum atomic E-state index is 12.4. The van der Waals surface area contributed by atoms with Gasteiger partial charge < -0.3 is 19.2 Å². The predicted octanol–water partition coefficient (Wildman–Crippen LogP) is 3.90. The van der Waals surface area contributed by atoms with Gasteiger partial charge in [-0.15, -0.1) is 0 Å². The Morgan fingerprint density at radius 2 is 2.04 bits per heavy atom. The highest BCUT2D eigenvalue weighted by Gasteiger charge is 2.22. The number of nitriles is 1. The van der Waals surface area contributed by atoms with Crippen molar-refractivity contribution in [2.75, 3.05) is 19.0 Å². The Morgan fingerprint density at radius 1 is 1.25 bits per heavy atom. The van der Waals surface area contributed by atoms with E-state index in [0.29, 0.717) is 22.4 Å². The van der Waals surface area contributed by atoms with Crippen molar-refractivity contribution in [3.8, 4) is 6.07 Å². The van der Waals surface area contributed by atoms with Crippen LogP contribution in [0.15, 0.2) is 46.9 Å². The summed E-state index contributed by atoms with van der Waals surface area (Å²) < 4.78 is 15.8. The Kier molecular flexibility index (Phi) is 5.94. The fourth-order valence-electron chi connectivity index (χ4n) is 2.63. The Hall–Kier alpha value is -3.34. The van der Waals surface area contributed by atoms with Crippen molar-refractivity contribution in [2.24, 2.45) is 0 Å². The average Bonchev–Trinajstić information content (AvgIpc) is 3.05. The number of hydrogen-bond acceptors (Lipinski definition) is 6. The van der Waals surface area contributed by atoms with E-state index in [1.165, 1.54) is 25.3 Å². The van der Waals surface area contributed by atoms with E-state index in [1.54, 1.807) is 12.1 Å². The summed E-state index contributed by atoms with van der Waals surface area (Å²) in [5, 5.41) is 12.4. The first-order valence-corrected chi connectivity index (χ1v) is 8.57. The van der Waals surface area contributed by atoms with Crippen LogP contribution in [0.3, 0.4) is 0 Å². The van der Waals surface area contributed by atoms with Crippen LogP contribution in [0.1, 0.15) is 21.7 Å². The first-order chi connectivity index (χ1) is 13.5. The third kappa shape index (κ3) is 4.14. The van der Waals surface area contributed by atoms with Gasteiger partial charge in [0.1, 0.15) is 11.7 Å². The first kappa shape index (κ1) is 19.4. The van der Waals surface area contributed by atoms with Gasteiger partial charge in [0.05, 0.1) is 17.2 Å². The van der Waals surface area contributed by atoms with E-state index in [9.17, 15) is 9.59 Å². The van der Waals surface area contributed by atoms with Crippen LogP contribution in [0.4, 0.5) is 5.69 Å². The van der Waals surface area contributed by atoms with Gasteiger partial charge in [-0.1, -0.05) is 29.8 Å². The predicted molar refractivity (Wildman–Crippen MR) is 102 cm³/mol. The van der Waals surface area contributed by atoms with Crippen molar-refractivity contribution in [2.45, 2.75) is 6.61 Å². The van der Waals surface area contributed by atoms with Crippen molar-refractivity contribution in [3.63, 3.8) is 0 Å². The fraction of sp³-hybridized carbons (Fsp3) is 0.150. The summed E-state index contributed by atoms with van der Waals surface area (Å²) in [6.45, 7) is -0.350. The van der Waals surface area contributed by atoms with Gasteiger partial charge in [-0.2, -0.15) is 5.26 Å². The molecule has 0 aliphatic heterocycles. The molecule has 0 spiro atoms. The second kappa shape index (κ2) is 8.57. The van der Waals surface area contributed by atoms with E-state index in [-0.39, 0.29) is 17.4 Å². The monoisotopic (exact) mass is 398 g/mol. The van der Waals surface area contributed by atoms with Crippen LogP contribution in [0.25, 0.3) is 11.0 Å². The number of benzene rings is 2. The van der Waals surface area contributed by atoms with Gasteiger partial charge in [0.25, 0.3) is 5.91 Å². The molecule has 1 amide bonds. The maximum absolute atomic E-state index is 12.4. The molecule has 1 heterocycles. The minimum atomic E-state index is -0.767. The summed E-state index contributed by atoms with van der Waals surface area (Å²) in [5.74, 6) is -1.33. The van der Waals surface area contributed by atoms with Gasteiger partial charge in [-0.05, 0) is 24.3 Å². The number of fused-ring (bicyclic) bond motifs is 1. The van der Waals surface area contributed by atoms with Gasteiger partial charge in [-0.25, -0.2) is 4.79 Å². The van der Waals surface area contributed by atoms with E-state index < -0.39 is 18.5 Å². The summed E-state index contributed by atoms with van der Waals surface area (Å²) >= 11 is 5.92. The molecule has 0 unspecified atom stereocenters. The number of amides is 1. The lowest BCUT2D eigenvalue weighted by atomic mass is 10.1.